The van der Waals surface area contributed by atoms with E-state index in [-0.39, 0.29) is 27.0 Å². The van der Waals surface area contributed by atoms with Crippen LogP contribution in [-0.2, 0) is 22.7 Å². The number of piperazine rings is 2. The summed E-state index contributed by atoms with van der Waals surface area (Å²) in [4.78, 5) is 34.5. The van der Waals surface area contributed by atoms with Gasteiger partial charge < -0.3 is 29.5 Å². The first-order valence-corrected chi connectivity index (χ1v) is 14.4. The van der Waals surface area contributed by atoms with Crippen LogP contribution in [0.1, 0.15) is 33.1 Å². The van der Waals surface area contributed by atoms with Crippen molar-refractivity contribution < 1.29 is 54.7 Å². The number of non-ortho nitro benzene ring substituents is 1. The molecule has 0 aliphatic carbocycles. The lowest BCUT2D eigenvalue weighted by Gasteiger charge is -2.35. The van der Waals surface area contributed by atoms with E-state index < -0.39 is 104 Å². The Hall–Kier alpha value is -5.76. The largest absolute Gasteiger partial charge is 0.445 e. The summed E-state index contributed by atoms with van der Waals surface area (Å²) in [6.07, 6.45) is -2.60. The average Bonchev–Trinajstić information content (AvgIpc) is 3.20. The molecule has 2 aliphatic rings. The van der Waals surface area contributed by atoms with Crippen LogP contribution < -0.4 is 20.4 Å². The smallest absolute Gasteiger partial charge is 0.411 e. The number of carbonyl (C=O) groups excluding carboxylic acids is 2. The molecule has 0 aromatic heterocycles. The van der Waals surface area contributed by atoms with E-state index in [9.17, 15) is 24.1 Å². The van der Waals surface area contributed by atoms with Gasteiger partial charge in [-0.1, -0.05) is 60.7 Å². The summed E-state index contributed by atoms with van der Waals surface area (Å²) in [5.74, 6) is -2.69. The molecule has 6 rings (SSSR count). The molecule has 2 fully saturated rings. The lowest BCUT2D eigenvalue weighted by Crippen LogP contribution is -2.49. The molecule has 2 aliphatic heterocycles. The molecular formula is C36H38F2N6O6. The number of hydrogen-bond donors (Lipinski definition) is 2. The number of anilines is 3. The zero-order valence-corrected chi connectivity index (χ0v) is 25.6. The number of nitro benzene ring substituents is 1. The first kappa shape index (κ1) is 20.0. The highest BCUT2D eigenvalue weighted by molar-refractivity contribution is 5.85. The Morgan fingerprint density at radius 2 is 1.30 bits per heavy atom. The molecule has 0 atom stereocenters. The monoisotopic (exact) mass is 704 g/mol. The second-order valence-corrected chi connectivity index (χ2v) is 9.84. The number of nitrogens with zero attached hydrogens (tertiary/aromatic N) is 4. The van der Waals surface area contributed by atoms with E-state index in [1.807, 2.05) is 0 Å². The number of nitrogens with one attached hydrogen (secondary N) is 2. The zero-order valence-electron chi connectivity index (χ0n) is 41.6. The van der Waals surface area contributed by atoms with Crippen molar-refractivity contribution in [3.05, 3.63) is 130 Å². The van der Waals surface area contributed by atoms with Crippen molar-refractivity contribution in [1.29, 1.82) is 0 Å². The van der Waals surface area contributed by atoms with E-state index >= 15 is 4.39 Å². The van der Waals surface area contributed by atoms with Gasteiger partial charge in [0.05, 0.1) is 38.8 Å². The van der Waals surface area contributed by atoms with Crippen LogP contribution in [-0.4, -0.2) is 74.0 Å². The van der Waals surface area contributed by atoms with Gasteiger partial charge in [0.25, 0.3) is 5.69 Å². The van der Waals surface area contributed by atoms with Gasteiger partial charge in [0.2, 0.25) is 0 Å². The Bertz CT molecular complexity index is 2410. The third kappa shape index (κ3) is 10.1. The molecule has 0 unspecified atom stereocenters. The second-order valence-electron chi connectivity index (χ2n) is 9.84. The van der Waals surface area contributed by atoms with Gasteiger partial charge in [0, 0.05) is 69.2 Å². The van der Waals surface area contributed by atoms with Crippen LogP contribution in [0, 0.1) is 21.7 Å². The van der Waals surface area contributed by atoms with E-state index in [0.29, 0.717) is 23.3 Å². The maximum absolute atomic E-state index is 15.4. The number of hydrogen-bond acceptors (Lipinski definition) is 9. The molecule has 2 amide bonds. The Balaban J connectivity index is 0.000000288. The summed E-state index contributed by atoms with van der Waals surface area (Å²) in [6.45, 7) is -27.3. The molecule has 14 heteroatoms. The zero-order chi connectivity index (χ0) is 49.6. The number of carbonyl (C=O) groups is 2. The van der Waals surface area contributed by atoms with Crippen molar-refractivity contribution in [3.63, 3.8) is 0 Å². The molecule has 4 aromatic carbocycles. The van der Waals surface area contributed by atoms with Crippen molar-refractivity contribution >= 4 is 34.9 Å². The Morgan fingerprint density at radius 3 is 1.86 bits per heavy atom. The van der Waals surface area contributed by atoms with Crippen molar-refractivity contribution in [1.82, 2.24) is 10.2 Å². The standard InChI is InChI=1S/C26H26FN3O4.C10H12FN3O2/c27-23-17-22(28-25(31)33-18-20-7-3-1-4-8-20)11-12-24(23)29-13-15-30(16-14-29)26(32)34-19-21-9-5-2-6-10-21;11-9-7-8(14(15)16)1-2-10(9)13-5-3-12-4-6-13/h1-12,17H,13-16,18-19H2,(H,28,31);1-2,7,12H,3-6H2/i13D2,14D2,15D2,16D2;3D2,4D2,5D2,6D2. The van der Waals surface area contributed by atoms with E-state index in [4.69, 9.17) is 31.4 Å². The minimum absolute atomic E-state index is 0.0183. The highest BCUT2D eigenvalue weighted by Gasteiger charge is 2.24. The van der Waals surface area contributed by atoms with Crippen LogP contribution in [0.15, 0.2) is 97.1 Å². The van der Waals surface area contributed by atoms with E-state index in [0.717, 1.165) is 24.3 Å². The fraction of sp³-hybridized carbons (Fsp3) is 0.278. The van der Waals surface area contributed by atoms with Crippen molar-refractivity contribution in [2.75, 3.05) is 67.1 Å². The van der Waals surface area contributed by atoms with Gasteiger partial charge >= 0.3 is 12.2 Å². The summed E-state index contributed by atoms with van der Waals surface area (Å²) in [5, 5.41) is 14.5. The Kier molecular flexibility index (Phi) is 7.05. The fourth-order valence-electron chi connectivity index (χ4n) is 4.03. The number of amides is 2. The minimum atomic E-state index is -3.57. The second kappa shape index (κ2) is 17.6. The fourth-order valence-corrected chi connectivity index (χ4v) is 4.03. The van der Waals surface area contributed by atoms with Crippen LogP contribution in [0.3, 0.4) is 0 Å². The highest BCUT2D eigenvalue weighted by Crippen LogP contribution is 2.25. The topological polar surface area (TPSA) is 130 Å². The van der Waals surface area contributed by atoms with Crippen LogP contribution >= 0.6 is 0 Å². The molecule has 2 saturated heterocycles. The predicted octanol–water partition coefficient (Wildman–Crippen LogP) is 6.18. The molecule has 2 heterocycles. The molecule has 0 bridgehead atoms. The SMILES string of the molecule is [2H]C1([2H])N(C(=O)OCc2ccccc2)C([2H])([2H])C([2H])([2H])N(c2ccc(NC(=O)OCc3ccccc3)cc2F)C1([2H])[2H].[2H]C1([2H])NC([2H])([2H])C([2H])([2H])N(c2ccc([N+](=O)[O-])cc2F)C1([2H])[2H]. The molecule has 0 saturated carbocycles. The van der Waals surface area contributed by atoms with Crippen LogP contribution in [0.2, 0.25) is 0 Å². The van der Waals surface area contributed by atoms with Crippen molar-refractivity contribution in [2.45, 2.75) is 13.2 Å². The normalized spacial score (nSPS) is 27.0. The highest BCUT2D eigenvalue weighted by atomic mass is 19.1. The van der Waals surface area contributed by atoms with Gasteiger partial charge in [0.15, 0.2) is 5.82 Å². The number of rotatable bonds is 8. The molecule has 2 N–H and O–H groups in total. The Morgan fingerprint density at radius 1 is 0.760 bits per heavy atom. The van der Waals surface area contributed by atoms with Gasteiger partial charge in [0.1, 0.15) is 19.0 Å². The molecule has 0 spiro atoms. The Labute approximate surface area is 310 Å². The number of benzene rings is 4. The number of ether oxygens (including phenoxy) is 2. The average molecular weight is 705 g/mol. The summed E-state index contributed by atoms with van der Waals surface area (Å²) in [7, 11) is 0. The maximum Gasteiger partial charge on any atom is 0.411 e. The maximum atomic E-state index is 15.4. The number of halogens is 2. The first-order chi connectivity index (χ1) is 30.3. The van der Waals surface area contributed by atoms with Gasteiger partial charge in [-0.15, -0.1) is 0 Å². The van der Waals surface area contributed by atoms with Crippen LogP contribution in [0.25, 0.3) is 0 Å². The third-order valence-electron chi connectivity index (χ3n) is 6.43. The van der Waals surface area contributed by atoms with Crippen molar-refractivity contribution in [2.24, 2.45) is 0 Å². The molecule has 50 heavy (non-hydrogen) atoms. The summed E-state index contributed by atoms with van der Waals surface area (Å²) in [6, 6.07) is 21.5. The van der Waals surface area contributed by atoms with Crippen LogP contribution in [0.5, 0.6) is 0 Å². The quantitative estimate of drug-likeness (QED) is 0.163. The van der Waals surface area contributed by atoms with Crippen LogP contribution in [0.4, 0.5) is 41.1 Å². The van der Waals surface area contributed by atoms with Gasteiger partial charge in [-0.05, 0) is 35.4 Å². The first-order valence-electron chi connectivity index (χ1n) is 22.4. The summed E-state index contributed by atoms with van der Waals surface area (Å²) >= 11 is 0. The van der Waals surface area contributed by atoms with E-state index in [1.54, 1.807) is 66.0 Å². The minimum Gasteiger partial charge on any atom is -0.445 e. The molecule has 4 aromatic rings. The van der Waals surface area contributed by atoms with Crippen molar-refractivity contribution in [3.8, 4) is 0 Å². The molecular weight excluding hydrogens is 650 g/mol. The summed E-state index contributed by atoms with van der Waals surface area (Å²) < 4.78 is 169. The molecule has 12 nitrogen and oxygen atoms in total. The number of nitro groups is 1. The van der Waals surface area contributed by atoms with Gasteiger partial charge in [-0.25, -0.2) is 18.4 Å². The lowest BCUT2D eigenvalue weighted by atomic mass is 10.2. The predicted molar refractivity (Wildman–Crippen MR) is 185 cm³/mol. The summed E-state index contributed by atoms with van der Waals surface area (Å²) in [5.41, 5.74) is -1.35. The van der Waals surface area contributed by atoms with Gasteiger partial charge in [-0.2, -0.15) is 0 Å². The van der Waals surface area contributed by atoms with E-state index in [2.05, 4.69) is 5.32 Å². The molecule has 262 valence electrons. The molecule has 0 radical (unpaired) electrons. The van der Waals surface area contributed by atoms with E-state index in [1.165, 1.54) is 0 Å². The lowest BCUT2D eigenvalue weighted by molar-refractivity contribution is -0.385. The third-order valence-corrected chi connectivity index (χ3v) is 6.43. The van der Waals surface area contributed by atoms with Gasteiger partial charge in [-0.3, -0.25) is 15.4 Å².